The number of carboxylic acids is 1. The maximum atomic E-state index is 12.4. The molecule has 0 aliphatic rings. The predicted octanol–water partition coefficient (Wildman–Crippen LogP) is 3.57. The van der Waals surface area contributed by atoms with Crippen LogP contribution in [0.4, 0.5) is 11.4 Å². The van der Waals surface area contributed by atoms with Crippen LogP contribution in [-0.4, -0.2) is 23.5 Å². The summed E-state index contributed by atoms with van der Waals surface area (Å²) in [6.07, 6.45) is 1.49. The molecule has 0 saturated carbocycles. The van der Waals surface area contributed by atoms with Crippen LogP contribution in [0.15, 0.2) is 60.3 Å². The van der Waals surface area contributed by atoms with Crippen LogP contribution in [0.1, 0.15) is 22.8 Å². The summed E-state index contributed by atoms with van der Waals surface area (Å²) in [5.74, 6) is -1.69. The van der Waals surface area contributed by atoms with Gasteiger partial charge in [-0.3, -0.25) is 4.79 Å². The van der Waals surface area contributed by atoms with Crippen LogP contribution in [0.3, 0.4) is 0 Å². The number of hydrogen-bond acceptors (Lipinski definition) is 4. The highest BCUT2D eigenvalue weighted by Gasteiger charge is 2.13. The van der Waals surface area contributed by atoms with E-state index in [2.05, 4.69) is 5.32 Å². The second-order valence-electron chi connectivity index (χ2n) is 5.62. The van der Waals surface area contributed by atoms with E-state index in [4.69, 9.17) is 5.11 Å². The van der Waals surface area contributed by atoms with E-state index < -0.39 is 11.9 Å². The van der Waals surface area contributed by atoms with Gasteiger partial charge in [0, 0.05) is 24.1 Å². The van der Waals surface area contributed by atoms with Crippen molar-refractivity contribution in [1.29, 1.82) is 5.26 Å². The molecule has 2 rings (SSSR count). The van der Waals surface area contributed by atoms with Crippen molar-refractivity contribution in [3.05, 3.63) is 71.4 Å². The molecule has 0 atom stereocenters. The first-order chi connectivity index (χ1) is 12.4. The number of carbonyl (C=O) groups is 2. The minimum atomic E-state index is -1.09. The van der Waals surface area contributed by atoms with Crippen molar-refractivity contribution < 1.29 is 14.7 Å². The van der Waals surface area contributed by atoms with E-state index in [1.165, 1.54) is 24.4 Å². The molecular weight excluding hydrogens is 330 g/mol. The first-order valence-corrected chi connectivity index (χ1v) is 8.04. The first kappa shape index (κ1) is 18.7. The molecule has 2 aromatic rings. The predicted molar refractivity (Wildman–Crippen MR) is 99.9 cm³/mol. The fourth-order valence-electron chi connectivity index (χ4n) is 2.38. The minimum Gasteiger partial charge on any atom is -0.478 e. The van der Waals surface area contributed by atoms with Crippen molar-refractivity contribution in [2.75, 3.05) is 16.8 Å². The number of anilines is 2. The molecule has 0 heterocycles. The van der Waals surface area contributed by atoms with Gasteiger partial charge in [0.25, 0.3) is 5.91 Å². The van der Waals surface area contributed by atoms with E-state index in [9.17, 15) is 14.9 Å². The van der Waals surface area contributed by atoms with Crippen LogP contribution >= 0.6 is 0 Å². The lowest BCUT2D eigenvalue weighted by atomic mass is 10.2. The average molecular weight is 349 g/mol. The van der Waals surface area contributed by atoms with E-state index in [1.54, 1.807) is 11.0 Å². The summed E-state index contributed by atoms with van der Waals surface area (Å²) in [6, 6.07) is 15.5. The third-order valence-electron chi connectivity index (χ3n) is 3.69. The standard InChI is InChI=1S/C20H19N3O3/c1-3-23(18-9-4-6-14(2)10-18)13-16(12-21)19(24)22-17-8-5-7-15(11-17)20(25)26/h4-11,13H,3H2,1-2H3,(H,22,24)(H,25,26)/b16-13-. The van der Waals surface area contributed by atoms with E-state index in [0.717, 1.165) is 11.3 Å². The molecule has 26 heavy (non-hydrogen) atoms. The summed E-state index contributed by atoms with van der Waals surface area (Å²) >= 11 is 0. The Labute approximate surface area is 152 Å². The zero-order valence-corrected chi connectivity index (χ0v) is 14.6. The minimum absolute atomic E-state index is 0.0558. The van der Waals surface area contributed by atoms with E-state index in [1.807, 2.05) is 44.2 Å². The van der Waals surface area contributed by atoms with Gasteiger partial charge in [0.15, 0.2) is 0 Å². The molecule has 0 spiro atoms. The Morgan fingerprint density at radius 2 is 1.96 bits per heavy atom. The molecule has 0 fully saturated rings. The van der Waals surface area contributed by atoms with Gasteiger partial charge in [-0.1, -0.05) is 18.2 Å². The van der Waals surface area contributed by atoms with Gasteiger partial charge in [0.1, 0.15) is 11.6 Å². The van der Waals surface area contributed by atoms with Crippen molar-refractivity contribution in [1.82, 2.24) is 0 Å². The van der Waals surface area contributed by atoms with Gasteiger partial charge >= 0.3 is 5.97 Å². The van der Waals surface area contributed by atoms with Crippen LogP contribution in [0.25, 0.3) is 0 Å². The Bertz CT molecular complexity index is 897. The number of carboxylic acid groups (broad SMARTS) is 1. The highest BCUT2D eigenvalue weighted by atomic mass is 16.4. The molecule has 0 bridgehead atoms. The van der Waals surface area contributed by atoms with Gasteiger partial charge in [-0.2, -0.15) is 5.26 Å². The number of aromatic carboxylic acids is 1. The molecule has 0 aliphatic carbocycles. The monoisotopic (exact) mass is 349 g/mol. The fraction of sp³-hybridized carbons (Fsp3) is 0.150. The van der Waals surface area contributed by atoms with Gasteiger partial charge in [-0.05, 0) is 49.7 Å². The third kappa shape index (κ3) is 4.71. The molecule has 6 heteroatoms. The van der Waals surface area contributed by atoms with Crippen LogP contribution in [-0.2, 0) is 4.79 Å². The molecule has 2 aromatic carbocycles. The van der Waals surface area contributed by atoms with Crippen molar-refractivity contribution in [2.24, 2.45) is 0 Å². The van der Waals surface area contributed by atoms with Crippen LogP contribution in [0.5, 0.6) is 0 Å². The summed E-state index contributed by atoms with van der Waals surface area (Å²) in [5, 5.41) is 20.9. The highest BCUT2D eigenvalue weighted by Crippen LogP contribution is 2.18. The molecule has 132 valence electrons. The maximum absolute atomic E-state index is 12.4. The Balaban J connectivity index is 2.24. The Kier molecular flexibility index (Phi) is 6.12. The zero-order chi connectivity index (χ0) is 19.1. The topological polar surface area (TPSA) is 93.4 Å². The third-order valence-corrected chi connectivity index (χ3v) is 3.69. The van der Waals surface area contributed by atoms with Crippen LogP contribution < -0.4 is 10.2 Å². The van der Waals surface area contributed by atoms with Crippen molar-refractivity contribution in [3.63, 3.8) is 0 Å². The summed E-state index contributed by atoms with van der Waals surface area (Å²) in [5.41, 5.74) is 2.24. The number of amides is 1. The highest BCUT2D eigenvalue weighted by molar-refractivity contribution is 6.07. The first-order valence-electron chi connectivity index (χ1n) is 8.04. The van der Waals surface area contributed by atoms with Crippen molar-refractivity contribution in [3.8, 4) is 6.07 Å². The average Bonchev–Trinajstić information content (AvgIpc) is 2.62. The molecule has 0 saturated heterocycles. The number of nitrogens with one attached hydrogen (secondary N) is 1. The van der Waals surface area contributed by atoms with Gasteiger partial charge in [0.2, 0.25) is 0 Å². The quantitative estimate of drug-likeness (QED) is 0.614. The number of nitriles is 1. The van der Waals surface area contributed by atoms with Crippen molar-refractivity contribution >= 4 is 23.3 Å². The second kappa shape index (κ2) is 8.49. The Hall–Kier alpha value is -3.59. The van der Waals surface area contributed by atoms with Crippen LogP contribution in [0.2, 0.25) is 0 Å². The molecule has 0 aromatic heterocycles. The number of aryl methyl sites for hydroxylation is 1. The van der Waals surface area contributed by atoms with E-state index >= 15 is 0 Å². The van der Waals surface area contributed by atoms with Crippen molar-refractivity contribution in [2.45, 2.75) is 13.8 Å². The molecule has 0 aliphatic heterocycles. The number of benzene rings is 2. The maximum Gasteiger partial charge on any atom is 0.335 e. The largest absolute Gasteiger partial charge is 0.478 e. The lowest BCUT2D eigenvalue weighted by molar-refractivity contribution is -0.112. The summed E-state index contributed by atoms with van der Waals surface area (Å²) in [7, 11) is 0. The SMILES string of the molecule is CCN(/C=C(/C#N)C(=O)Nc1cccc(C(=O)O)c1)c1cccc(C)c1. The van der Waals surface area contributed by atoms with Gasteiger partial charge in [-0.15, -0.1) is 0 Å². The Morgan fingerprint density at radius 3 is 2.58 bits per heavy atom. The van der Waals surface area contributed by atoms with Gasteiger partial charge < -0.3 is 15.3 Å². The Morgan fingerprint density at radius 1 is 1.23 bits per heavy atom. The summed E-state index contributed by atoms with van der Waals surface area (Å²) in [4.78, 5) is 25.2. The molecule has 2 N–H and O–H groups in total. The lowest BCUT2D eigenvalue weighted by Crippen LogP contribution is -2.20. The smallest absolute Gasteiger partial charge is 0.335 e. The molecule has 1 amide bonds. The van der Waals surface area contributed by atoms with E-state index in [0.29, 0.717) is 12.2 Å². The number of hydrogen-bond donors (Lipinski definition) is 2. The molecular formula is C20H19N3O3. The normalized spacial score (nSPS) is 10.7. The fourth-order valence-corrected chi connectivity index (χ4v) is 2.38. The lowest BCUT2D eigenvalue weighted by Gasteiger charge is -2.19. The number of rotatable bonds is 6. The molecule has 6 nitrogen and oxygen atoms in total. The van der Waals surface area contributed by atoms with Crippen LogP contribution in [0, 0.1) is 18.3 Å². The van der Waals surface area contributed by atoms with Gasteiger partial charge in [0.05, 0.1) is 5.56 Å². The summed E-state index contributed by atoms with van der Waals surface area (Å²) < 4.78 is 0. The van der Waals surface area contributed by atoms with E-state index in [-0.39, 0.29) is 11.1 Å². The molecule has 0 unspecified atom stereocenters. The zero-order valence-electron chi connectivity index (χ0n) is 14.6. The molecule has 0 radical (unpaired) electrons. The van der Waals surface area contributed by atoms with Gasteiger partial charge in [-0.25, -0.2) is 4.79 Å². The number of carbonyl (C=O) groups excluding carboxylic acids is 1. The summed E-state index contributed by atoms with van der Waals surface area (Å²) in [6.45, 7) is 4.47. The second-order valence-corrected chi connectivity index (χ2v) is 5.62. The number of nitrogens with zero attached hydrogens (tertiary/aromatic N) is 2.